The van der Waals surface area contributed by atoms with Gasteiger partial charge < -0.3 is 5.73 Å². The fourth-order valence-electron chi connectivity index (χ4n) is 2.66. The van der Waals surface area contributed by atoms with Crippen molar-refractivity contribution in [3.05, 3.63) is 30.1 Å². The highest BCUT2D eigenvalue weighted by Crippen LogP contribution is 2.55. The monoisotopic (exact) mass is 247 g/mol. The van der Waals surface area contributed by atoms with Crippen molar-refractivity contribution in [3.8, 4) is 0 Å². The lowest BCUT2D eigenvalue weighted by Crippen LogP contribution is -2.55. The number of aromatic nitrogens is 1. The second-order valence-corrected chi connectivity index (χ2v) is 6.03. The topological polar surface area (TPSA) is 42.2 Å². The molecule has 1 heterocycles. The van der Waals surface area contributed by atoms with E-state index in [9.17, 15) is 0 Å². The molecule has 3 heteroatoms. The summed E-state index contributed by atoms with van der Waals surface area (Å²) in [5, 5.41) is 0. The molecule has 1 atom stereocenters. The molecular weight excluding hydrogens is 222 g/mol. The van der Waals surface area contributed by atoms with E-state index in [2.05, 4.69) is 36.8 Å². The van der Waals surface area contributed by atoms with Gasteiger partial charge in [-0.2, -0.15) is 0 Å². The molecule has 0 radical (unpaired) electrons. The van der Waals surface area contributed by atoms with Crippen molar-refractivity contribution < 1.29 is 0 Å². The van der Waals surface area contributed by atoms with Crippen molar-refractivity contribution in [2.24, 2.45) is 11.1 Å². The third kappa shape index (κ3) is 2.43. The molecule has 0 bridgehead atoms. The van der Waals surface area contributed by atoms with Crippen LogP contribution >= 0.6 is 0 Å². The highest BCUT2D eigenvalue weighted by Gasteiger charge is 2.53. The van der Waals surface area contributed by atoms with E-state index >= 15 is 0 Å². The summed E-state index contributed by atoms with van der Waals surface area (Å²) in [5.74, 6) is 0. The number of hydrogen-bond acceptors (Lipinski definition) is 3. The molecule has 0 aliphatic heterocycles. The Labute approximate surface area is 110 Å². The van der Waals surface area contributed by atoms with Crippen LogP contribution < -0.4 is 5.73 Å². The molecule has 18 heavy (non-hydrogen) atoms. The molecule has 1 saturated carbocycles. The number of hydrogen-bond donors (Lipinski definition) is 1. The maximum Gasteiger partial charge on any atom is 0.0416 e. The Kier molecular flexibility index (Phi) is 3.74. The molecule has 2 N–H and O–H groups in total. The molecule has 2 rings (SSSR count). The first-order valence-electron chi connectivity index (χ1n) is 6.83. The second kappa shape index (κ2) is 4.98. The first kappa shape index (κ1) is 13.5. The highest BCUT2D eigenvalue weighted by atomic mass is 15.2. The Morgan fingerprint density at radius 1 is 1.44 bits per heavy atom. The fourth-order valence-corrected chi connectivity index (χ4v) is 2.66. The van der Waals surface area contributed by atoms with Gasteiger partial charge in [-0.1, -0.05) is 13.0 Å². The van der Waals surface area contributed by atoms with Crippen LogP contribution in [0.2, 0.25) is 0 Å². The van der Waals surface area contributed by atoms with Gasteiger partial charge in [0, 0.05) is 36.9 Å². The van der Waals surface area contributed by atoms with Gasteiger partial charge in [0.15, 0.2) is 0 Å². The molecule has 0 saturated heterocycles. The quantitative estimate of drug-likeness (QED) is 0.837. The largest absolute Gasteiger partial charge is 0.329 e. The highest BCUT2D eigenvalue weighted by molar-refractivity contribution is 5.10. The van der Waals surface area contributed by atoms with Crippen LogP contribution in [0.25, 0.3) is 0 Å². The second-order valence-electron chi connectivity index (χ2n) is 6.03. The van der Waals surface area contributed by atoms with Gasteiger partial charge in [-0.25, -0.2) is 0 Å². The van der Waals surface area contributed by atoms with Crippen LogP contribution in [0.4, 0.5) is 0 Å². The van der Waals surface area contributed by atoms with Gasteiger partial charge in [0.1, 0.15) is 0 Å². The molecule has 1 aromatic rings. The van der Waals surface area contributed by atoms with Crippen LogP contribution in [0.1, 0.15) is 32.4 Å². The molecule has 1 aromatic heterocycles. The van der Waals surface area contributed by atoms with Gasteiger partial charge in [0.25, 0.3) is 0 Å². The Balaban J connectivity index is 1.96. The summed E-state index contributed by atoms with van der Waals surface area (Å²) in [6.07, 6.45) is 5.45. The van der Waals surface area contributed by atoms with E-state index in [-0.39, 0.29) is 5.54 Å². The van der Waals surface area contributed by atoms with Crippen molar-refractivity contribution in [2.45, 2.75) is 38.6 Å². The first-order chi connectivity index (χ1) is 8.52. The summed E-state index contributed by atoms with van der Waals surface area (Å²) in [4.78, 5) is 6.80. The Morgan fingerprint density at radius 3 is 2.67 bits per heavy atom. The van der Waals surface area contributed by atoms with Crippen molar-refractivity contribution in [3.63, 3.8) is 0 Å². The van der Waals surface area contributed by atoms with Crippen molar-refractivity contribution in [1.29, 1.82) is 0 Å². The van der Waals surface area contributed by atoms with E-state index in [1.807, 2.05) is 18.3 Å². The zero-order valence-corrected chi connectivity index (χ0v) is 11.8. The van der Waals surface area contributed by atoms with Gasteiger partial charge in [0.05, 0.1) is 0 Å². The Morgan fingerprint density at radius 2 is 2.17 bits per heavy atom. The first-order valence-corrected chi connectivity index (χ1v) is 6.83. The molecule has 1 aliphatic carbocycles. The maximum atomic E-state index is 6.05. The van der Waals surface area contributed by atoms with E-state index in [0.29, 0.717) is 5.41 Å². The normalized spacial score (nSPS) is 20.7. The van der Waals surface area contributed by atoms with E-state index < -0.39 is 0 Å². The lowest BCUT2D eigenvalue weighted by atomic mass is 9.82. The standard InChI is InChI=1S/C15H25N3/c1-14(8-9-14)15(2,12-16)18(3)11-7-13-6-4-5-10-17-13/h4-6,10H,7-9,11-12,16H2,1-3H3. The molecule has 1 fully saturated rings. The number of pyridine rings is 1. The molecular formula is C15H25N3. The van der Waals surface area contributed by atoms with Crippen LogP contribution in [0.15, 0.2) is 24.4 Å². The SMILES string of the molecule is CN(CCc1ccccn1)C(C)(CN)C1(C)CC1. The minimum atomic E-state index is 0.113. The summed E-state index contributed by atoms with van der Waals surface area (Å²) in [7, 11) is 2.19. The predicted molar refractivity (Wildman–Crippen MR) is 75.4 cm³/mol. The predicted octanol–water partition coefficient (Wildman–Crippen LogP) is 2.07. The summed E-state index contributed by atoms with van der Waals surface area (Å²) in [5.41, 5.74) is 7.72. The third-order valence-corrected chi connectivity index (χ3v) is 4.97. The Hall–Kier alpha value is -0.930. The van der Waals surface area contributed by atoms with Gasteiger partial charge in [-0.05, 0) is 44.4 Å². The van der Waals surface area contributed by atoms with Gasteiger partial charge in [0.2, 0.25) is 0 Å². The van der Waals surface area contributed by atoms with Crippen LogP contribution in [-0.2, 0) is 6.42 Å². The maximum absolute atomic E-state index is 6.05. The lowest BCUT2D eigenvalue weighted by molar-refractivity contribution is 0.0737. The smallest absolute Gasteiger partial charge is 0.0416 e. The average Bonchev–Trinajstić information content (AvgIpc) is 3.15. The average molecular weight is 247 g/mol. The van der Waals surface area contributed by atoms with Crippen LogP contribution in [0.5, 0.6) is 0 Å². The van der Waals surface area contributed by atoms with E-state index in [1.54, 1.807) is 0 Å². The molecule has 1 aliphatic rings. The number of nitrogens with two attached hydrogens (primary N) is 1. The van der Waals surface area contributed by atoms with Crippen molar-refractivity contribution in [1.82, 2.24) is 9.88 Å². The van der Waals surface area contributed by atoms with E-state index in [4.69, 9.17) is 5.73 Å². The summed E-state index contributed by atoms with van der Waals surface area (Å²) >= 11 is 0. The van der Waals surface area contributed by atoms with E-state index in [1.165, 1.54) is 12.8 Å². The molecule has 1 unspecified atom stereocenters. The number of likely N-dealkylation sites (N-methyl/N-ethyl adjacent to an activating group) is 1. The molecule has 0 spiro atoms. The lowest BCUT2D eigenvalue weighted by Gasteiger charge is -2.43. The van der Waals surface area contributed by atoms with E-state index in [0.717, 1.165) is 25.2 Å². The molecule has 3 nitrogen and oxygen atoms in total. The van der Waals surface area contributed by atoms with Crippen molar-refractivity contribution in [2.75, 3.05) is 20.1 Å². The minimum Gasteiger partial charge on any atom is -0.329 e. The fraction of sp³-hybridized carbons (Fsp3) is 0.667. The summed E-state index contributed by atoms with van der Waals surface area (Å²) < 4.78 is 0. The Bertz CT molecular complexity index is 386. The molecule has 0 aromatic carbocycles. The molecule has 0 amide bonds. The number of nitrogens with zero attached hydrogens (tertiary/aromatic N) is 2. The minimum absolute atomic E-state index is 0.113. The van der Waals surface area contributed by atoms with Crippen LogP contribution in [0.3, 0.4) is 0 Å². The zero-order valence-electron chi connectivity index (χ0n) is 11.8. The van der Waals surface area contributed by atoms with Crippen molar-refractivity contribution >= 4 is 0 Å². The van der Waals surface area contributed by atoms with Crippen LogP contribution in [-0.4, -0.2) is 35.6 Å². The van der Waals surface area contributed by atoms with Gasteiger partial charge in [-0.3, -0.25) is 9.88 Å². The molecule has 100 valence electrons. The number of rotatable bonds is 6. The summed E-state index contributed by atoms with van der Waals surface area (Å²) in [6, 6.07) is 6.10. The zero-order chi connectivity index (χ0) is 13.2. The third-order valence-electron chi connectivity index (χ3n) is 4.97. The summed E-state index contributed by atoms with van der Waals surface area (Å²) in [6.45, 7) is 6.40. The van der Waals surface area contributed by atoms with Gasteiger partial charge in [-0.15, -0.1) is 0 Å². The van der Waals surface area contributed by atoms with Gasteiger partial charge >= 0.3 is 0 Å². The van der Waals surface area contributed by atoms with Crippen LogP contribution in [0, 0.1) is 5.41 Å².